The maximum Gasteiger partial charge on any atom is 0.234 e. The predicted molar refractivity (Wildman–Crippen MR) is 66.6 cm³/mol. The van der Waals surface area contributed by atoms with Crippen LogP contribution in [0.1, 0.15) is 13.8 Å². The molecule has 0 aliphatic carbocycles. The molecule has 0 saturated heterocycles. The standard InChI is InChI=1S/C9H18N2OS2/c1-9(2,7(10)13)8(12)11(3)5-6-14-4/h5-6H2,1-4H3,(H2,10,13). The highest BCUT2D eigenvalue weighted by molar-refractivity contribution is 7.98. The fourth-order valence-electron chi connectivity index (χ4n) is 0.912. The summed E-state index contributed by atoms with van der Waals surface area (Å²) in [6.45, 7) is 4.24. The Balaban J connectivity index is 4.38. The predicted octanol–water partition coefficient (Wildman–Crippen LogP) is 1.12. The van der Waals surface area contributed by atoms with E-state index in [2.05, 4.69) is 0 Å². The summed E-state index contributed by atoms with van der Waals surface area (Å²) in [6.07, 6.45) is 2.01. The molecule has 0 rings (SSSR count). The van der Waals surface area contributed by atoms with Crippen LogP contribution in [0.5, 0.6) is 0 Å². The molecule has 5 heteroatoms. The molecule has 0 aliphatic rings. The number of nitrogens with zero attached hydrogens (tertiary/aromatic N) is 1. The van der Waals surface area contributed by atoms with Gasteiger partial charge in [-0.05, 0) is 20.1 Å². The van der Waals surface area contributed by atoms with E-state index >= 15 is 0 Å². The topological polar surface area (TPSA) is 46.3 Å². The summed E-state index contributed by atoms with van der Waals surface area (Å²) in [6, 6.07) is 0. The second kappa shape index (κ2) is 5.56. The number of amides is 1. The summed E-state index contributed by atoms with van der Waals surface area (Å²) in [4.78, 5) is 13.8. The zero-order valence-corrected chi connectivity index (χ0v) is 10.8. The van der Waals surface area contributed by atoms with Gasteiger partial charge in [0.05, 0.1) is 10.4 Å². The van der Waals surface area contributed by atoms with Crippen LogP contribution in [0.3, 0.4) is 0 Å². The highest BCUT2D eigenvalue weighted by Crippen LogP contribution is 2.18. The van der Waals surface area contributed by atoms with Gasteiger partial charge in [0.15, 0.2) is 0 Å². The largest absolute Gasteiger partial charge is 0.392 e. The van der Waals surface area contributed by atoms with E-state index in [-0.39, 0.29) is 10.9 Å². The van der Waals surface area contributed by atoms with Gasteiger partial charge in [-0.1, -0.05) is 12.2 Å². The summed E-state index contributed by atoms with van der Waals surface area (Å²) in [7, 11) is 1.78. The summed E-state index contributed by atoms with van der Waals surface area (Å²) >= 11 is 6.57. The van der Waals surface area contributed by atoms with Crippen molar-refractivity contribution in [1.29, 1.82) is 0 Å². The number of carbonyl (C=O) groups excluding carboxylic acids is 1. The van der Waals surface area contributed by atoms with Crippen LogP contribution < -0.4 is 5.73 Å². The van der Waals surface area contributed by atoms with Crippen molar-refractivity contribution in [3.05, 3.63) is 0 Å². The van der Waals surface area contributed by atoms with Crippen LogP contribution in [0, 0.1) is 5.41 Å². The second-order valence-electron chi connectivity index (χ2n) is 3.71. The number of nitrogens with two attached hydrogens (primary N) is 1. The number of hydrogen-bond acceptors (Lipinski definition) is 3. The first-order valence-corrected chi connectivity index (χ1v) is 6.18. The molecular formula is C9H18N2OS2. The van der Waals surface area contributed by atoms with Gasteiger partial charge in [-0.15, -0.1) is 0 Å². The van der Waals surface area contributed by atoms with Crippen molar-refractivity contribution in [2.75, 3.05) is 25.6 Å². The van der Waals surface area contributed by atoms with E-state index in [0.29, 0.717) is 0 Å². The van der Waals surface area contributed by atoms with Crippen LogP contribution in [0.4, 0.5) is 0 Å². The van der Waals surface area contributed by atoms with Crippen LogP contribution in [-0.4, -0.2) is 41.4 Å². The van der Waals surface area contributed by atoms with Crippen molar-refractivity contribution in [2.24, 2.45) is 11.1 Å². The molecule has 0 aromatic rings. The fourth-order valence-corrected chi connectivity index (χ4v) is 1.46. The second-order valence-corrected chi connectivity index (χ2v) is 5.13. The Morgan fingerprint density at radius 1 is 1.57 bits per heavy atom. The molecule has 3 nitrogen and oxygen atoms in total. The smallest absolute Gasteiger partial charge is 0.234 e. The van der Waals surface area contributed by atoms with Gasteiger partial charge >= 0.3 is 0 Å². The van der Waals surface area contributed by atoms with Crippen LogP contribution in [0.15, 0.2) is 0 Å². The SMILES string of the molecule is CSCCN(C)C(=O)C(C)(C)C(N)=S. The zero-order valence-electron chi connectivity index (χ0n) is 9.16. The molecule has 82 valence electrons. The molecule has 14 heavy (non-hydrogen) atoms. The first-order chi connectivity index (χ1) is 6.34. The quantitative estimate of drug-likeness (QED) is 0.724. The molecule has 2 N–H and O–H groups in total. The van der Waals surface area contributed by atoms with Gasteiger partial charge in [0, 0.05) is 19.3 Å². The van der Waals surface area contributed by atoms with Gasteiger partial charge < -0.3 is 10.6 Å². The average molecular weight is 234 g/mol. The molecule has 0 aromatic carbocycles. The number of thioether (sulfide) groups is 1. The Bertz CT molecular complexity index is 229. The average Bonchev–Trinajstić information content (AvgIpc) is 2.12. The maximum absolute atomic E-state index is 11.9. The van der Waals surface area contributed by atoms with Crippen molar-refractivity contribution < 1.29 is 4.79 Å². The van der Waals surface area contributed by atoms with Crippen LogP contribution in [-0.2, 0) is 4.79 Å². The Morgan fingerprint density at radius 3 is 2.43 bits per heavy atom. The molecule has 0 unspecified atom stereocenters. The van der Waals surface area contributed by atoms with E-state index in [4.69, 9.17) is 18.0 Å². The van der Waals surface area contributed by atoms with E-state index in [1.807, 2.05) is 6.26 Å². The molecule has 0 aliphatic heterocycles. The lowest BCUT2D eigenvalue weighted by atomic mass is 9.92. The molecule has 0 spiro atoms. The molecule has 0 bridgehead atoms. The minimum atomic E-state index is -0.734. The van der Waals surface area contributed by atoms with Crippen molar-refractivity contribution in [3.63, 3.8) is 0 Å². The lowest BCUT2D eigenvalue weighted by Gasteiger charge is -2.28. The molecule has 0 saturated carbocycles. The molecule has 0 atom stereocenters. The van der Waals surface area contributed by atoms with Crippen LogP contribution in [0.2, 0.25) is 0 Å². The zero-order chi connectivity index (χ0) is 11.4. The molecule has 1 amide bonds. The summed E-state index contributed by atoms with van der Waals surface area (Å²) in [5, 5.41) is 0. The van der Waals surface area contributed by atoms with Gasteiger partial charge in [-0.2, -0.15) is 11.8 Å². The van der Waals surface area contributed by atoms with Gasteiger partial charge in [-0.3, -0.25) is 4.79 Å². The van der Waals surface area contributed by atoms with Crippen LogP contribution in [0.25, 0.3) is 0 Å². The van der Waals surface area contributed by atoms with Gasteiger partial charge in [0.1, 0.15) is 0 Å². The minimum Gasteiger partial charge on any atom is -0.392 e. The number of thiocarbonyl (C=S) groups is 1. The lowest BCUT2D eigenvalue weighted by molar-refractivity contribution is -0.135. The van der Waals surface area contributed by atoms with Gasteiger partial charge in [0.25, 0.3) is 0 Å². The Kier molecular flexibility index (Phi) is 5.44. The van der Waals surface area contributed by atoms with E-state index in [0.717, 1.165) is 12.3 Å². The monoisotopic (exact) mass is 234 g/mol. The molecular weight excluding hydrogens is 216 g/mol. The van der Waals surface area contributed by atoms with E-state index in [1.165, 1.54) is 0 Å². The Hall–Kier alpha value is -0.290. The van der Waals surface area contributed by atoms with Gasteiger partial charge in [-0.25, -0.2) is 0 Å². The molecule has 0 heterocycles. The number of hydrogen-bond donors (Lipinski definition) is 1. The van der Waals surface area contributed by atoms with Crippen molar-refractivity contribution >= 4 is 34.9 Å². The van der Waals surface area contributed by atoms with E-state index in [1.54, 1.807) is 37.6 Å². The van der Waals surface area contributed by atoms with Crippen molar-refractivity contribution in [2.45, 2.75) is 13.8 Å². The third kappa shape index (κ3) is 3.46. The van der Waals surface area contributed by atoms with Gasteiger partial charge in [0.2, 0.25) is 5.91 Å². The Morgan fingerprint density at radius 2 is 2.07 bits per heavy atom. The first kappa shape index (κ1) is 13.7. The normalized spacial score (nSPS) is 11.1. The number of rotatable bonds is 5. The Labute approximate surface area is 95.4 Å². The lowest BCUT2D eigenvalue weighted by Crippen LogP contribution is -2.46. The fraction of sp³-hybridized carbons (Fsp3) is 0.778. The summed E-state index contributed by atoms with van der Waals surface area (Å²) in [5.41, 5.74) is 4.78. The summed E-state index contributed by atoms with van der Waals surface area (Å²) in [5.74, 6) is 0.911. The minimum absolute atomic E-state index is 0.0148. The maximum atomic E-state index is 11.9. The summed E-state index contributed by atoms with van der Waals surface area (Å²) < 4.78 is 0. The van der Waals surface area contributed by atoms with E-state index < -0.39 is 5.41 Å². The molecule has 0 aromatic heterocycles. The first-order valence-electron chi connectivity index (χ1n) is 4.38. The highest BCUT2D eigenvalue weighted by Gasteiger charge is 2.33. The van der Waals surface area contributed by atoms with Crippen molar-refractivity contribution in [3.8, 4) is 0 Å². The molecule has 0 radical (unpaired) electrons. The highest BCUT2D eigenvalue weighted by atomic mass is 32.2. The number of carbonyl (C=O) groups is 1. The van der Waals surface area contributed by atoms with Crippen LogP contribution >= 0.6 is 24.0 Å². The van der Waals surface area contributed by atoms with Crippen molar-refractivity contribution in [1.82, 2.24) is 4.90 Å². The third-order valence-corrected chi connectivity index (χ3v) is 3.23. The molecule has 0 fully saturated rings. The third-order valence-electron chi connectivity index (χ3n) is 2.13. The van der Waals surface area contributed by atoms with E-state index in [9.17, 15) is 4.79 Å².